The van der Waals surface area contributed by atoms with Crippen LogP contribution in [0.15, 0.2) is 48.1 Å². The minimum atomic E-state index is 0.347. The zero-order valence-corrected chi connectivity index (χ0v) is 13.8. The van der Waals surface area contributed by atoms with Gasteiger partial charge in [-0.2, -0.15) is 0 Å². The standard InChI is InChI=1S/C19H21BCl/c1-5-7-15-11-16(17(20)10-13(3)14(15)4)19-12(2)8-6-9-18(19)21/h6-9,11,13H,4-5,10H2,1-3H3/b15-7-. The molecule has 0 aromatic heterocycles. The van der Waals surface area contributed by atoms with Gasteiger partial charge in [0.05, 0.1) is 0 Å². The summed E-state index contributed by atoms with van der Waals surface area (Å²) < 4.78 is 0. The van der Waals surface area contributed by atoms with E-state index in [0.717, 1.165) is 45.6 Å². The second kappa shape index (κ2) is 6.62. The summed E-state index contributed by atoms with van der Waals surface area (Å²) in [5.74, 6) is 0.347. The van der Waals surface area contributed by atoms with Gasteiger partial charge in [0.25, 0.3) is 0 Å². The Kier molecular flexibility index (Phi) is 5.06. The van der Waals surface area contributed by atoms with Crippen molar-refractivity contribution in [2.75, 3.05) is 0 Å². The van der Waals surface area contributed by atoms with Crippen LogP contribution in [0.25, 0.3) is 5.57 Å². The van der Waals surface area contributed by atoms with Gasteiger partial charge in [-0.25, -0.2) is 0 Å². The summed E-state index contributed by atoms with van der Waals surface area (Å²) in [6, 6.07) is 5.96. The number of rotatable bonds is 2. The first kappa shape index (κ1) is 16.0. The van der Waals surface area contributed by atoms with Crippen LogP contribution >= 0.6 is 11.6 Å². The van der Waals surface area contributed by atoms with Crippen LogP contribution in [0.1, 0.15) is 37.8 Å². The maximum atomic E-state index is 6.43. The van der Waals surface area contributed by atoms with Gasteiger partial charge in [-0.05, 0) is 0 Å². The molecule has 1 aliphatic carbocycles. The molecule has 0 N–H and O–H groups in total. The molecule has 1 aromatic rings. The van der Waals surface area contributed by atoms with E-state index in [4.69, 9.17) is 19.1 Å². The average Bonchev–Trinajstić information content (AvgIpc) is 2.52. The van der Waals surface area contributed by atoms with E-state index in [9.17, 15) is 0 Å². The summed E-state index contributed by atoms with van der Waals surface area (Å²) in [6.07, 6.45) is 6.16. The van der Waals surface area contributed by atoms with Gasteiger partial charge in [-0.3, -0.25) is 0 Å². The summed E-state index contributed by atoms with van der Waals surface area (Å²) in [6.45, 7) is 10.6. The second-order valence-electron chi connectivity index (χ2n) is 5.71. The molecule has 0 saturated carbocycles. The van der Waals surface area contributed by atoms with E-state index >= 15 is 0 Å². The molecule has 0 heterocycles. The summed E-state index contributed by atoms with van der Waals surface area (Å²) in [7, 11) is 6.38. The van der Waals surface area contributed by atoms with Crippen molar-refractivity contribution in [3.05, 3.63) is 64.2 Å². The predicted octanol–water partition coefficient (Wildman–Crippen LogP) is 5.31. The summed E-state index contributed by atoms with van der Waals surface area (Å²) in [4.78, 5) is 0. The van der Waals surface area contributed by atoms with Crippen molar-refractivity contribution in [3.8, 4) is 0 Å². The van der Waals surface area contributed by atoms with Crippen molar-refractivity contribution in [2.45, 2.75) is 33.6 Å². The fourth-order valence-electron chi connectivity index (χ4n) is 2.80. The SMILES string of the molecule is [B]=C1CC(C)C(=C)/C(=C\CC)C=C1c1c(C)cccc1Cl. The molecule has 1 unspecified atom stereocenters. The van der Waals surface area contributed by atoms with E-state index in [1.165, 1.54) is 5.57 Å². The molecule has 0 amide bonds. The molecule has 107 valence electrons. The Morgan fingerprint density at radius 3 is 2.76 bits per heavy atom. The summed E-state index contributed by atoms with van der Waals surface area (Å²) in [5.41, 5.74) is 6.45. The van der Waals surface area contributed by atoms with Gasteiger partial charge in [0, 0.05) is 0 Å². The fraction of sp³-hybridized carbons (Fsp3) is 0.316. The molecule has 1 aromatic carbocycles. The van der Waals surface area contributed by atoms with Gasteiger partial charge in [-0.1, -0.05) is 0 Å². The van der Waals surface area contributed by atoms with E-state index < -0.39 is 0 Å². The van der Waals surface area contributed by atoms with Crippen LogP contribution in [0.4, 0.5) is 0 Å². The third-order valence-electron chi connectivity index (χ3n) is 4.05. The Hall–Kier alpha value is -1.34. The monoisotopic (exact) mass is 295 g/mol. The van der Waals surface area contributed by atoms with Crippen molar-refractivity contribution in [2.24, 2.45) is 5.92 Å². The first-order valence-electron chi connectivity index (χ1n) is 7.43. The number of hydrogen-bond donors (Lipinski definition) is 0. The fourth-order valence-corrected chi connectivity index (χ4v) is 3.13. The molecule has 0 aliphatic heterocycles. The van der Waals surface area contributed by atoms with Crippen molar-refractivity contribution < 1.29 is 0 Å². The van der Waals surface area contributed by atoms with Crippen LogP contribution in [-0.4, -0.2) is 13.0 Å². The van der Waals surface area contributed by atoms with E-state index in [2.05, 4.69) is 45.6 Å². The molecule has 2 rings (SSSR count). The van der Waals surface area contributed by atoms with Crippen LogP contribution < -0.4 is 0 Å². The average molecular weight is 296 g/mol. The number of aryl methyl sites for hydroxylation is 1. The molecule has 0 saturated heterocycles. The van der Waals surface area contributed by atoms with Crippen molar-refractivity contribution in [3.63, 3.8) is 0 Å². The Balaban J connectivity index is 2.64. The van der Waals surface area contributed by atoms with Gasteiger partial charge >= 0.3 is 134 Å². The first-order chi connectivity index (χ1) is 9.95. The molecule has 0 bridgehead atoms. The Bertz CT molecular complexity index is 629. The molecular formula is C19H21BCl. The van der Waals surface area contributed by atoms with Crippen LogP contribution in [0.5, 0.6) is 0 Å². The normalized spacial score (nSPS) is 21.4. The van der Waals surface area contributed by atoms with Crippen molar-refractivity contribution >= 4 is 30.1 Å². The van der Waals surface area contributed by atoms with Crippen LogP contribution in [0.3, 0.4) is 0 Å². The summed E-state index contributed by atoms with van der Waals surface area (Å²) in [5, 5.41) is 0.750. The maximum absolute atomic E-state index is 6.43. The minimum absolute atomic E-state index is 0.347. The quantitative estimate of drug-likeness (QED) is 0.649. The third kappa shape index (κ3) is 3.29. The van der Waals surface area contributed by atoms with Crippen LogP contribution in [0, 0.1) is 12.8 Å². The molecule has 21 heavy (non-hydrogen) atoms. The van der Waals surface area contributed by atoms with Gasteiger partial charge in [0.1, 0.15) is 0 Å². The third-order valence-corrected chi connectivity index (χ3v) is 4.37. The van der Waals surface area contributed by atoms with E-state index in [1.807, 2.05) is 12.1 Å². The predicted molar refractivity (Wildman–Crippen MR) is 96.2 cm³/mol. The number of hydrogen-bond acceptors (Lipinski definition) is 0. The van der Waals surface area contributed by atoms with Crippen LogP contribution in [-0.2, 0) is 0 Å². The van der Waals surface area contributed by atoms with E-state index in [-0.39, 0.29) is 0 Å². The molecule has 0 fully saturated rings. The van der Waals surface area contributed by atoms with E-state index in [1.54, 1.807) is 0 Å². The zero-order valence-electron chi connectivity index (χ0n) is 13.0. The molecular weight excluding hydrogens is 274 g/mol. The number of benzene rings is 1. The van der Waals surface area contributed by atoms with Gasteiger partial charge in [0.2, 0.25) is 0 Å². The second-order valence-corrected chi connectivity index (χ2v) is 6.12. The number of halogens is 1. The van der Waals surface area contributed by atoms with Crippen molar-refractivity contribution in [1.82, 2.24) is 0 Å². The van der Waals surface area contributed by atoms with Gasteiger partial charge in [-0.15, -0.1) is 0 Å². The Morgan fingerprint density at radius 1 is 1.43 bits per heavy atom. The zero-order chi connectivity index (χ0) is 15.6. The van der Waals surface area contributed by atoms with Crippen LogP contribution in [0.2, 0.25) is 5.02 Å². The van der Waals surface area contributed by atoms with Gasteiger partial charge in [0.15, 0.2) is 0 Å². The molecule has 2 heteroatoms. The van der Waals surface area contributed by atoms with E-state index in [0.29, 0.717) is 5.92 Å². The molecule has 1 radical (unpaired) electrons. The Labute approximate surface area is 134 Å². The molecule has 1 aliphatic rings. The molecule has 0 spiro atoms. The number of allylic oxidation sites excluding steroid dienone is 5. The summed E-state index contributed by atoms with van der Waals surface area (Å²) >= 11 is 6.43. The molecule has 1 atom stereocenters. The topological polar surface area (TPSA) is 0 Å². The molecule has 0 nitrogen and oxygen atoms in total. The first-order valence-corrected chi connectivity index (χ1v) is 7.81. The van der Waals surface area contributed by atoms with Crippen molar-refractivity contribution in [1.29, 1.82) is 0 Å². The van der Waals surface area contributed by atoms with Gasteiger partial charge < -0.3 is 0 Å². The Morgan fingerprint density at radius 2 is 2.14 bits per heavy atom.